The fourth-order valence-electron chi connectivity index (χ4n) is 6.72. The first kappa shape index (κ1) is 16.3. The number of hydrogen-bond donors (Lipinski definition) is 1. The molecule has 26 heavy (non-hydrogen) atoms. The van der Waals surface area contributed by atoms with Crippen LogP contribution < -0.4 is 5.32 Å². The van der Waals surface area contributed by atoms with Crippen molar-refractivity contribution < 1.29 is 9.59 Å². The number of imide groups is 1. The van der Waals surface area contributed by atoms with Crippen LogP contribution in [0.3, 0.4) is 0 Å². The Kier molecular flexibility index (Phi) is 3.35. The van der Waals surface area contributed by atoms with Crippen LogP contribution in [0.25, 0.3) is 0 Å². The number of nitrogens with one attached hydrogen (secondary N) is 1. The molecule has 1 aliphatic heterocycles. The van der Waals surface area contributed by atoms with Crippen molar-refractivity contribution in [3.8, 4) is 0 Å². The second-order valence-electron chi connectivity index (χ2n) is 9.58. The molecule has 4 aliphatic carbocycles. The third-order valence-corrected chi connectivity index (χ3v) is 7.59. The zero-order valence-electron chi connectivity index (χ0n) is 15.7. The Bertz CT molecular complexity index is 734. The summed E-state index contributed by atoms with van der Waals surface area (Å²) < 4.78 is 1.66. The highest BCUT2D eigenvalue weighted by molar-refractivity contribution is 6.07. The van der Waals surface area contributed by atoms with Crippen LogP contribution in [0.5, 0.6) is 0 Å². The van der Waals surface area contributed by atoms with Crippen LogP contribution in [0, 0.1) is 23.2 Å². The first-order valence-electron chi connectivity index (χ1n) is 10.0. The van der Waals surface area contributed by atoms with E-state index in [0.717, 1.165) is 29.7 Å². The Morgan fingerprint density at radius 2 is 1.77 bits per heavy atom. The zero-order valence-corrected chi connectivity index (χ0v) is 15.7. The quantitative estimate of drug-likeness (QED) is 0.844. The maximum absolute atomic E-state index is 13.1. The minimum atomic E-state index is -0.993. The molecule has 0 aromatic carbocycles. The summed E-state index contributed by atoms with van der Waals surface area (Å²) in [6, 6.07) is -0.258. The van der Waals surface area contributed by atoms with Gasteiger partial charge in [0.2, 0.25) is 0 Å². The van der Waals surface area contributed by atoms with Crippen LogP contribution in [0.4, 0.5) is 4.79 Å². The van der Waals surface area contributed by atoms with E-state index in [0.29, 0.717) is 12.0 Å². The third-order valence-electron chi connectivity index (χ3n) is 7.59. The molecule has 4 saturated carbocycles. The second kappa shape index (κ2) is 5.33. The number of rotatable bonds is 4. The van der Waals surface area contributed by atoms with E-state index < -0.39 is 5.54 Å². The number of aromatic nitrogens is 2. The summed E-state index contributed by atoms with van der Waals surface area (Å²) in [5.41, 5.74) is 0.130. The zero-order chi connectivity index (χ0) is 18.1. The number of aryl methyl sites for hydroxylation is 1. The molecule has 0 spiro atoms. The molecule has 1 aromatic rings. The number of amides is 3. The third kappa shape index (κ3) is 2.33. The predicted molar refractivity (Wildman–Crippen MR) is 96.0 cm³/mol. The molecule has 0 unspecified atom stereocenters. The lowest BCUT2D eigenvalue weighted by Crippen LogP contribution is -2.48. The van der Waals surface area contributed by atoms with E-state index in [1.54, 1.807) is 24.0 Å². The summed E-state index contributed by atoms with van der Waals surface area (Å²) in [6.45, 7) is 2.33. The molecule has 1 saturated heterocycles. The fourth-order valence-corrected chi connectivity index (χ4v) is 6.72. The molecule has 6 heteroatoms. The average Bonchev–Trinajstić information content (AvgIpc) is 3.08. The predicted octanol–water partition coefficient (Wildman–Crippen LogP) is 2.79. The van der Waals surface area contributed by atoms with Crippen LogP contribution in [-0.2, 0) is 17.4 Å². The van der Waals surface area contributed by atoms with Gasteiger partial charge in [-0.3, -0.25) is 14.4 Å². The summed E-state index contributed by atoms with van der Waals surface area (Å²) in [5.74, 6) is 2.54. The molecule has 2 heterocycles. The highest BCUT2D eigenvalue weighted by Crippen LogP contribution is 2.61. The molecule has 1 N–H and O–H groups in total. The van der Waals surface area contributed by atoms with Gasteiger partial charge in [-0.15, -0.1) is 0 Å². The van der Waals surface area contributed by atoms with Crippen LogP contribution in [0.15, 0.2) is 12.4 Å². The lowest BCUT2D eigenvalue weighted by Gasteiger charge is -2.57. The number of carbonyl (C=O) groups excluding carboxylic acids is 2. The molecule has 1 aromatic heterocycles. The average molecular weight is 356 g/mol. The van der Waals surface area contributed by atoms with E-state index in [1.165, 1.54) is 43.4 Å². The van der Waals surface area contributed by atoms with Crippen LogP contribution >= 0.6 is 0 Å². The Balaban J connectivity index is 1.32. The molecule has 3 amide bonds. The number of nitrogens with zero attached hydrogens (tertiary/aromatic N) is 3. The van der Waals surface area contributed by atoms with Crippen molar-refractivity contribution in [2.24, 2.45) is 30.2 Å². The van der Waals surface area contributed by atoms with Crippen molar-refractivity contribution >= 4 is 11.9 Å². The summed E-state index contributed by atoms with van der Waals surface area (Å²) >= 11 is 0. The van der Waals surface area contributed by atoms with Gasteiger partial charge in [-0.2, -0.15) is 5.10 Å². The Labute approximate surface area is 154 Å². The van der Waals surface area contributed by atoms with E-state index in [1.807, 2.05) is 7.05 Å². The van der Waals surface area contributed by atoms with Gasteiger partial charge in [0.15, 0.2) is 0 Å². The standard InChI is InChI=1S/C20H28N4O2/c1-19(16-11-21-23(2)12-16)17(25)24(18(26)22-19)4-3-20-8-13-5-14(9-20)7-15(6-13)10-20/h11-15H,3-10H2,1-2H3,(H,22,26)/t13?,14?,15?,19-,20?/m0/s1. The van der Waals surface area contributed by atoms with Gasteiger partial charge in [0, 0.05) is 25.4 Å². The SMILES string of the molecule is Cn1cc([C@]2(C)NC(=O)N(CCC34CC5CC(CC(C5)C3)C4)C2=O)cn1. The largest absolute Gasteiger partial charge is 0.325 e. The van der Waals surface area contributed by atoms with Gasteiger partial charge in [-0.05, 0) is 75.0 Å². The van der Waals surface area contributed by atoms with Crippen LogP contribution in [0.2, 0.25) is 0 Å². The lowest BCUT2D eigenvalue weighted by molar-refractivity contribution is -0.131. The first-order chi connectivity index (χ1) is 12.4. The smallest absolute Gasteiger partial charge is 0.319 e. The van der Waals surface area contributed by atoms with E-state index in [4.69, 9.17) is 0 Å². The van der Waals surface area contributed by atoms with Crippen molar-refractivity contribution in [2.45, 2.75) is 57.4 Å². The molecule has 5 fully saturated rings. The maximum atomic E-state index is 13.1. The second-order valence-corrected chi connectivity index (χ2v) is 9.58. The van der Waals surface area contributed by atoms with E-state index in [9.17, 15) is 9.59 Å². The van der Waals surface area contributed by atoms with E-state index >= 15 is 0 Å². The number of carbonyl (C=O) groups is 2. The Morgan fingerprint density at radius 3 is 2.31 bits per heavy atom. The van der Waals surface area contributed by atoms with Gasteiger partial charge >= 0.3 is 6.03 Å². The van der Waals surface area contributed by atoms with Crippen molar-refractivity contribution in [1.29, 1.82) is 0 Å². The van der Waals surface area contributed by atoms with Gasteiger partial charge in [0.1, 0.15) is 5.54 Å². The van der Waals surface area contributed by atoms with Gasteiger partial charge in [0.05, 0.1) is 6.20 Å². The molecule has 6 nitrogen and oxygen atoms in total. The van der Waals surface area contributed by atoms with Crippen LogP contribution in [-0.4, -0.2) is 33.2 Å². The normalized spacial score (nSPS) is 41.2. The topological polar surface area (TPSA) is 67.2 Å². The van der Waals surface area contributed by atoms with Gasteiger partial charge in [-0.25, -0.2) is 4.79 Å². The van der Waals surface area contributed by atoms with Crippen molar-refractivity contribution in [1.82, 2.24) is 20.0 Å². The molecule has 6 rings (SSSR count). The molecule has 140 valence electrons. The Morgan fingerprint density at radius 1 is 1.15 bits per heavy atom. The molecular formula is C20H28N4O2. The molecule has 5 aliphatic rings. The summed E-state index contributed by atoms with van der Waals surface area (Å²) in [5, 5.41) is 7.06. The molecule has 4 bridgehead atoms. The molecular weight excluding hydrogens is 328 g/mol. The monoisotopic (exact) mass is 356 g/mol. The number of urea groups is 1. The van der Waals surface area contributed by atoms with Crippen molar-refractivity contribution in [3.63, 3.8) is 0 Å². The minimum Gasteiger partial charge on any atom is -0.319 e. The highest BCUT2D eigenvalue weighted by atomic mass is 16.2. The summed E-state index contributed by atoms with van der Waals surface area (Å²) in [7, 11) is 1.82. The van der Waals surface area contributed by atoms with Gasteiger partial charge in [-0.1, -0.05) is 0 Å². The first-order valence-corrected chi connectivity index (χ1v) is 10.0. The van der Waals surface area contributed by atoms with Crippen molar-refractivity contribution in [2.75, 3.05) is 6.54 Å². The minimum absolute atomic E-state index is 0.139. The summed E-state index contributed by atoms with van der Waals surface area (Å²) in [4.78, 5) is 27.1. The van der Waals surface area contributed by atoms with E-state index in [2.05, 4.69) is 10.4 Å². The highest BCUT2D eigenvalue weighted by Gasteiger charge is 2.53. The summed E-state index contributed by atoms with van der Waals surface area (Å²) in [6.07, 6.45) is 12.6. The Hall–Kier alpha value is -1.85. The van der Waals surface area contributed by atoms with Gasteiger partial charge in [0.25, 0.3) is 5.91 Å². The number of hydrogen-bond acceptors (Lipinski definition) is 3. The molecule has 0 radical (unpaired) electrons. The fraction of sp³-hybridized carbons (Fsp3) is 0.750. The van der Waals surface area contributed by atoms with Gasteiger partial charge < -0.3 is 5.32 Å². The van der Waals surface area contributed by atoms with Crippen molar-refractivity contribution in [3.05, 3.63) is 18.0 Å². The van der Waals surface area contributed by atoms with Crippen LogP contribution in [0.1, 0.15) is 57.4 Å². The lowest BCUT2D eigenvalue weighted by atomic mass is 9.49. The van der Waals surface area contributed by atoms with E-state index in [-0.39, 0.29) is 11.9 Å². The maximum Gasteiger partial charge on any atom is 0.325 e. The molecule has 1 atom stereocenters.